The van der Waals surface area contributed by atoms with Crippen LogP contribution in [0.15, 0.2) is 182 Å². The Kier molecular flexibility index (Phi) is 9.84. The molecule has 0 amide bonds. The molecule has 0 aliphatic rings. The first-order valence-electron chi connectivity index (χ1n) is 16.8. The number of nitrogens with zero attached hydrogens (tertiary/aromatic N) is 3. The molecule has 0 aliphatic heterocycles. The lowest BCUT2D eigenvalue weighted by atomic mass is 10.1. The first-order chi connectivity index (χ1) is 25.1. The maximum absolute atomic E-state index is 5.71. The molecule has 0 atom stereocenters. The number of benzene rings is 7. The number of rotatable bonds is 12. The molecule has 0 bridgehead atoms. The molecule has 7 aromatic carbocycles. The van der Waals surface area contributed by atoms with Gasteiger partial charge in [0.2, 0.25) is 0 Å². The van der Waals surface area contributed by atoms with Crippen molar-refractivity contribution >= 4 is 51.2 Å². The number of ether oxygens (including phenoxy) is 3. The minimum Gasteiger partial charge on any atom is -0.497 e. The van der Waals surface area contributed by atoms with E-state index in [1.807, 2.05) is 54.6 Å². The van der Waals surface area contributed by atoms with Crippen LogP contribution >= 0.6 is 0 Å². The van der Waals surface area contributed by atoms with Gasteiger partial charge >= 0.3 is 0 Å². The standard InChI is InChI=1S/C45H39N3O3/c1-49-43-25-13-22-37(31-43)46(34-16-7-4-8-17-34)40-28-41(47(35-18-9-5-10-19-35)38-23-14-26-44(32-38)50-2)30-42(29-40)48(36-20-11-6-12-21-36)39-24-15-27-45(33-39)51-3/h4-33H,1-3H3. The molecule has 0 fully saturated rings. The first kappa shape index (κ1) is 32.9. The third-order valence-electron chi connectivity index (χ3n) is 8.64. The second-order valence-electron chi connectivity index (χ2n) is 11.8. The number of methoxy groups -OCH3 is 3. The number of hydrogen-bond donors (Lipinski definition) is 0. The van der Waals surface area contributed by atoms with Gasteiger partial charge in [-0.25, -0.2) is 0 Å². The maximum atomic E-state index is 5.71. The van der Waals surface area contributed by atoms with Crippen LogP contribution in [0, 0.1) is 0 Å². The lowest BCUT2D eigenvalue weighted by Gasteiger charge is -2.33. The van der Waals surface area contributed by atoms with Gasteiger partial charge in [-0.1, -0.05) is 72.8 Å². The van der Waals surface area contributed by atoms with Crippen LogP contribution in [-0.4, -0.2) is 21.3 Å². The summed E-state index contributed by atoms with van der Waals surface area (Å²) >= 11 is 0. The van der Waals surface area contributed by atoms with Crippen molar-refractivity contribution in [3.05, 3.63) is 182 Å². The monoisotopic (exact) mass is 669 g/mol. The Morgan fingerprint density at radius 2 is 0.510 bits per heavy atom. The van der Waals surface area contributed by atoms with Gasteiger partial charge in [0.1, 0.15) is 17.2 Å². The van der Waals surface area contributed by atoms with E-state index in [1.165, 1.54) is 0 Å². The number of anilines is 9. The molecule has 6 heteroatoms. The van der Waals surface area contributed by atoms with Gasteiger partial charge in [-0.15, -0.1) is 0 Å². The fourth-order valence-electron chi connectivity index (χ4n) is 6.29. The summed E-state index contributed by atoms with van der Waals surface area (Å²) in [6.45, 7) is 0. The van der Waals surface area contributed by atoms with Crippen molar-refractivity contribution in [2.45, 2.75) is 0 Å². The maximum Gasteiger partial charge on any atom is 0.120 e. The van der Waals surface area contributed by atoms with Crippen molar-refractivity contribution in [3.8, 4) is 17.2 Å². The normalized spacial score (nSPS) is 10.6. The quantitative estimate of drug-likeness (QED) is 0.129. The molecule has 7 aromatic rings. The largest absolute Gasteiger partial charge is 0.497 e. The van der Waals surface area contributed by atoms with Crippen molar-refractivity contribution in [1.82, 2.24) is 0 Å². The molecule has 0 radical (unpaired) electrons. The van der Waals surface area contributed by atoms with E-state index >= 15 is 0 Å². The molecule has 0 saturated carbocycles. The average Bonchev–Trinajstić information content (AvgIpc) is 3.20. The van der Waals surface area contributed by atoms with Crippen molar-refractivity contribution < 1.29 is 14.2 Å². The van der Waals surface area contributed by atoms with E-state index in [4.69, 9.17) is 14.2 Å². The summed E-state index contributed by atoms with van der Waals surface area (Å²) in [6.07, 6.45) is 0. The highest BCUT2D eigenvalue weighted by atomic mass is 16.5. The smallest absolute Gasteiger partial charge is 0.120 e. The van der Waals surface area contributed by atoms with Gasteiger partial charge in [-0.2, -0.15) is 0 Å². The van der Waals surface area contributed by atoms with Crippen LogP contribution in [-0.2, 0) is 0 Å². The topological polar surface area (TPSA) is 37.4 Å². The molecule has 6 nitrogen and oxygen atoms in total. The summed E-state index contributed by atoms with van der Waals surface area (Å²) in [5.74, 6) is 2.32. The molecule has 51 heavy (non-hydrogen) atoms. The molecule has 7 rings (SSSR count). The molecule has 0 aromatic heterocycles. The summed E-state index contributed by atoms with van der Waals surface area (Å²) in [6, 6.07) is 62.4. The Hall–Kier alpha value is -6.66. The fourth-order valence-corrected chi connectivity index (χ4v) is 6.29. The number of para-hydroxylation sites is 3. The molecule has 0 unspecified atom stereocenters. The van der Waals surface area contributed by atoms with Gasteiger partial charge in [0.05, 0.1) is 38.4 Å². The Bertz CT molecular complexity index is 1930. The summed E-state index contributed by atoms with van der Waals surface area (Å²) in [7, 11) is 5.09. The zero-order valence-corrected chi connectivity index (χ0v) is 28.9. The van der Waals surface area contributed by atoms with Crippen molar-refractivity contribution in [2.24, 2.45) is 0 Å². The Labute approximate surface area is 299 Å². The summed E-state index contributed by atoms with van der Waals surface area (Å²) < 4.78 is 17.1. The summed E-state index contributed by atoms with van der Waals surface area (Å²) in [5.41, 5.74) is 8.77. The molecular formula is C45H39N3O3. The molecule has 0 heterocycles. The van der Waals surface area contributed by atoms with Crippen molar-refractivity contribution in [2.75, 3.05) is 36.0 Å². The second-order valence-corrected chi connectivity index (χ2v) is 11.8. The SMILES string of the molecule is COc1cccc(N(c2ccccc2)c2cc(N(c3ccccc3)c3cccc(OC)c3)cc(N(c3ccccc3)c3cccc(OC)c3)c2)c1. The van der Waals surface area contributed by atoms with Gasteiger partial charge < -0.3 is 28.9 Å². The fraction of sp³-hybridized carbons (Fsp3) is 0.0667. The van der Waals surface area contributed by atoms with Crippen molar-refractivity contribution in [1.29, 1.82) is 0 Å². The van der Waals surface area contributed by atoms with Gasteiger partial charge in [0.25, 0.3) is 0 Å². The van der Waals surface area contributed by atoms with E-state index in [0.29, 0.717) is 0 Å². The molecular weight excluding hydrogens is 631 g/mol. The van der Waals surface area contributed by atoms with E-state index in [2.05, 4.69) is 142 Å². The molecule has 0 N–H and O–H groups in total. The first-order valence-corrected chi connectivity index (χ1v) is 16.8. The minimum atomic E-state index is 0.773. The van der Waals surface area contributed by atoms with Crippen LogP contribution < -0.4 is 28.9 Å². The van der Waals surface area contributed by atoms with Gasteiger partial charge in [0.15, 0.2) is 0 Å². The highest BCUT2D eigenvalue weighted by Crippen LogP contribution is 2.46. The molecule has 0 aliphatic carbocycles. The van der Waals surface area contributed by atoms with E-state index in [-0.39, 0.29) is 0 Å². The van der Waals surface area contributed by atoms with Crippen LogP contribution in [0.2, 0.25) is 0 Å². The van der Waals surface area contributed by atoms with Gasteiger partial charge in [0, 0.05) is 52.3 Å². The highest BCUT2D eigenvalue weighted by Gasteiger charge is 2.22. The molecule has 0 spiro atoms. The predicted molar refractivity (Wildman–Crippen MR) is 210 cm³/mol. The average molecular weight is 670 g/mol. The number of hydrogen-bond acceptors (Lipinski definition) is 6. The summed E-state index contributed by atoms with van der Waals surface area (Å²) in [4.78, 5) is 6.79. The second kappa shape index (κ2) is 15.3. The zero-order valence-electron chi connectivity index (χ0n) is 28.9. The predicted octanol–water partition coefficient (Wildman–Crippen LogP) is 12.1. The van der Waals surface area contributed by atoms with E-state index < -0.39 is 0 Å². The van der Waals surface area contributed by atoms with E-state index in [9.17, 15) is 0 Å². The van der Waals surface area contributed by atoms with E-state index in [0.717, 1.165) is 68.4 Å². The highest BCUT2D eigenvalue weighted by molar-refractivity contribution is 5.89. The Morgan fingerprint density at radius 1 is 0.255 bits per heavy atom. The van der Waals surface area contributed by atoms with E-state index in [1.54, 1.807) is 21.3 Å². The molecule has 252 valence electrons. The Morgan fingerprint density at radius 3 is 0.765 bits per heavy atom. The minimum absolute atomic E-state index is 0.773. The third-order valence-corrected chi connectivity index (χ3v) is 8.64. The van der Waals surface area contributed by atoms with Crippen LogP contribution in [0.3, 0.4) is 0 Å². The zero-order chi connectivity index (χ0) is 35.0. The van der Waals surface area contributed by atoms with Gasteiger partial charge in [-0.05, 0) is 91.0 Å². The van der Waals surface area contributed by atoms with Crippen LogP contribution in [0.25, 0.3) is 0 Å². The lowest BCUT2D eigenvalue weighted by Crippen LogP contribution is -2.16. The summed E-state index contributed by atoms with van der Waals surface area (Å²) in [5, 5.41) is 0. The van der Waals surface area contributed by atoms with Gasteiger partial charge in [-0.3, -0.25) is 0 Å². The lowest BCUT2D eigenvalue weighted by molar-refractivity contribution is 0.415. The van der Waals surface area contributed by atoms with Crippen LogP contribution in [0.5, 0.6) is 17.2 Å². The van der Waals surface area contributed by atoms with Crippen LogP contribution in [0.4, 0.5) is 51.2 Å². The molecule has 0 saturated heterocycles. The van der Waals surface area contributed by atoms with Crippen LogP contribution in [0.1, 0.15) is 0 Å². The third kappa shape index (κ3) is 7.21. The van der Waals surface area contributed by atoms with Crippen molar-refractivity contribution in [3.63, 3.8) is 0 Å². The Balaban J connectivity index is 1.55.